The molecule has 0 saturated carbocycles. The van der Waals surface area contributed by atoms with E-state index in [-0.39, 0.29) is 11.7 Å². The van der Waals surface area contributed by atoms with E-state index in [1.807, 2.05) is 0 Å². The van der Waals surface area contributed by atoms with Crippen LogP contribution in [-0.4, -0.2) is 21.6 Å². The van der Waals surface area contributed by atoms with E-state index in [0.29, 0.717) is 0 Å². The second-order valence-electron chi connectivity index (χ2n) is 3.44. The van der Waals surface area contributed by atoms with Crippen molar-refractivity contribution >= 4 is 11.7 Å². The Kier molecular flexibility index (Phi) is 3.60. The molecule has 0 spiro atoms. The van der Waals surface area contributed by atoms with Gasteiger partial charge >= 0.3 is 0 Å². The van der Waals surface area contributed by atoms with Gasteiger partial charge in [-0.05, 0) is 24.3 Å². The highest BCUT2D eigenvalue weighted by Gasteiger charge is 1.98. The molecule has 2 aromatic heterocycles. The van der Waals surface area contributed by atoms with Gasteiger partial charge in [-0.25, -0.2) is 0 Å². The van der Waals surface area contributed by atoms with Gasteiger partial charge in [0.1, 0.15) is 0 Å². The molecule has 90 valence electrons. The van der Waals surface area contributed by atoms with Crippen molar-refractivity contribution in [3.05, 3.63) is 60.2 Å². The molecule has 0 aliphatic rings. The molecular formula is C12H12N6. The van der Waals surface area contributed by atoms with Crippen LogP contribution in [0.2, 0.25) is 0 Å². The molecule has 0 aliphatic heterocycles. The Balaban J connectivity index is 2.20. The minimum Gasteiger partial charge on any atom is -0.382 e. The first kappa shape index (κ1) is 11.7. The highest BCUT2D eigenvalue weighted by molar-refractivity contribution is 6.00. The topological polar surface area (TPSA) is 103 Å². The van der Waals surface area contributed by atoms with Crippen LogP contribution in [0.1, 0.15) is 11.1 Å². The fraction of sp³-hybridized carbons (Fsp3) is 0. The molecule has 0 amide bonds. The Morgan fingerprint density at radius 3 is 1.39 bits per heavy atom. The molecular weight excluding hydrogens is 228 g/mol. The summed E-state index contributed by atoms with van der Waals surface area (Å²) in [5, 5.41) is 7.76. The van der Waals surface area contributed by atoms with Crippen LogP contribution in [0.3, 0.4) is 0 Å². The second kappa shape index (κ2) is 5.53. The summed E-state index contributed by atoms with van der Waals surface area (Å²) in [5.41, 5.74) is 13.0. The average molecular weight is 240 g/mol. The van der Waals surface area contributed by atoms with E-state index in [2.05, 4.69) is 20.2 Å². The quantitative estimate of drug-likeness (QED) is 0.463. The van der Waals surface area contributed by atoms with E-state index in [1.54, 1.807) is 49.1 Å². The van der Waals surface area contributed by atoms with Crippen LogP contribution in [0.25, 0.3) is 0 Å². The van der Waals surface area contributed by atoms with Gasteiger partial charge in [0.15, 0.2) is 11.7 Å². The molecule has 0 aromatic carbocycles. The maximum atomic E-state index is 5.77. The first-order valence-corrected chi connectivity index (χ1v) is 5.25. The van der Waals surface area contributed by atoms with Crippen molar-refractivity contribution in [1.29, 1.82) is 0 Å². The number of hydrogen-bond donors (Lipinski definition) is 2. The molecule has 2 aromatic rings. The van der Waals surface area contributed by atoms with Gasteiger partial charge in [0.2, 0.25) is 0 Å². The van der Waals surface area contributed by atoms with Crippen LogP contribution in [0.5, 0.6) is 0 Å². The molecule has 2 heterocycles. The monoisotopic (exact) mass is 240 g/mol. The molecule has 2 rings (SSSR count). The van der Waals surface area contributed by atoms with Crippen LogP contribution in [0.15, 0.2) is 59.3 Å². The Morgan fingerprint density at radius 1 is 0.722 bits per heavy atom. The molecule has 0 aliphatic carbocycles. The Hall–Kier alpha value is -2.76. The Morgan fingerprint density at radius 2 is 1.06 bits per heavy atom. The Labute approximate surface area is 104 Å². The number of amidine groups is 2. The summed E-state index contributed by atoms with van der Waals surface area (Å²) >= 11 is 0. The predicted molar refractivity (Wildman–Crippen MR) is 69.9 cm³/mol. The van der Waals surface area contributed by atoms with Crippen molar-refractivity contribution in [2.24, 2.45) is 21.7 Å². The molecule has 0 radical (unpaired) electrons. The third kappa shape index (κ3) is 2.88. The molecule has 0 saturated heterocycles. The van der Waals surface area contributed by atoms with Crippen LogP contribution >= 0.6 is 0 Å². The summed E-state index contributed by atoms with van der Waals surface area (Å²) in [6.07, 6.45) is 6.53. The van der Waals surface area contributed by atoms with Crippen molar-refractivity contribution in [2.45, 2.75) is 0 Å². The third-order valence-electron chi connectivity index (χ3n) is 2.22. The van der Waals surface area contributed by atoms with Crippen LogP contribution in [0.4, 0.5) is 0 Å². The highest BCUT2D eigenvalue weighted by Crippen LogP contribution is 1.98. The third-order valence-corrected chi connectivity index (χ3v) is 2.22. The summed E-state index contributed by atoms with van der Waals surface area (Å²) in [4.78, 5) is 7.79. The van der Waals surface area contributed by atoms with E-state index in [0.717, 1.165) is 11.1 Å². The highest BCUT2D eigenvalue weighted by atomic mass is 15.3. The molecule has 0 fully saturated rings. The zero-order valence-corrected chi connectivity index (χ0v) is 9.56. The van der Waals surface area contributed by atoms with Gasteiger partial charge in [-0.15, -0.1) is 10.2 Å². The van der Waals surface area contributed by atoms with Crippen LogP contribution < -0.4 is 11.5 Å². The van der Waals surface area contributed by atoms with Crippen LogP contribution in [-0.2, 0) is 0 Å². The zero-order valence-electron chi connectivity index (χ0n) is 9.56. The van der Waals surface area contributed by atoms with E-state index >= 15 is 0 Å². The van der Waals surface area contributed by atoms with Gasteiger partial charge in [-0.2, -0.15) is 0 Å². The van der Waals surface area contributed by atoms with Crippen molar-refractivity contribution in [3.8, 4) is 0 Å². The smallest absolute Gasteiger partial charge is 0.153 e. The van der Waals surface area contributed by atoms with E-state index in [9.17, 15) is 0 Å². The van der Waals surface area contributed by atoms with Gasteiger partial charge in [0.25, 0.3) is 0 Å². The molecule has 4 N–H and O–H groups in total. The number of rotatable bonds is 3. The first-order chi connectivity index (χ1) is 8.77. The average Bonchev–Trinajstić information content (AvgIpc) is 2.46. The number of pyridine rings is 2. The first-order valence-electron chi connectivity index (χ1n) is 5.25. The predicted octanol–water partition coefficient (Wildman–Crippen LogP) is 0.502. The van der Waals surface area contributed by atoms with E-state index < -0.39 is 0 Å². The summed E-state index contributed by atoms with van der Waals surface area (Å²) in [5.74, 6) is 0.573. The standard InChI is InChI=1S/C12H12N6/c13-11(9-1-5-15-6-2-9)17-18-12(14)10-3-7-16-8-4-10/h1-8H,(H2,13,17)(H2,14,18). The largest absolute Gasteiger partial charge is 0.382 e. The minimum absolute atomic E-state index is 0.286. The van der Waals surface area contributed by atoms with Gasteiger partial charge in [0, 0.05) is 35.9 Å². The van der Waals surface area contributed by atoms with Crippen molar-refractivity contribution in [1.82, 2.24) is 9.97 Å². The molecule has 18 heavy (non-hydrogen) atoms. The lowest BCUT2D eigenvalue weighted by Crippen LogP contribution is -2.16. The van der Waals surface area contributed by atoms with Gasteiger partial charge in [-0.1, -0.05) is 0 Å². The van der Waals surface area contributed by atoms with E-state index in [1.165, 1.54) is 0 Å². The van der Waals surface area contributed by atoms with Gasteiger partial charge in [0.05, 0.1) is 0 Å². The minimum atomic E-state index is 0.286. The summed E-state index contributed by atoms with van der Waals surface area (Å²) in [7, 11) is 0. The fourth-order valence-corrected chi connectivity index (χ4v) is 1.27. The van der Waals surface area contributed by atoms with Gasteiger partial charge in [-0.3, -0.25) is 9.97 Å². The maximum Gasteiger partial charge on any atom is 0.153 e. The Bertz CT molecular complexity index is 508. The zero-order chi connectivity index (χ0) is 12.8. The molecule has 6 heteroatoms. The number of aromatic nitrogens is 2. The SMILES string of the molecule is NC(=N/N=C(\N)c1ccncc1)c1ccncc1. The lowest BCUT2D eigenvalue weighted by Gasteiger charge is -1.99. The maximum absolute atomic E-state index is 5.77. The van der Waals surface area contributed by atoms with Crippen molar-refractivity contribution in [2.75, 3.05) is 0 Å². The normalized spacial score (nSPS) is 12.4. The molecule has 6 nitrogen and oxygen atoms in total. The number of nitrogens with two attached hydrogens (primary N) is 2. The second-order valence-corrected chi connectivity index (χ2v) is 3.44. The van der Waals surface area contributed by atoms with Crippen molar-refractivity contribution < 1.29 is 0 Å². The lowest BCUT2D eigenvalue weighted by molar-refractivity contribution is 1.19. The molecule has 0 unspecified atom stereocenters. The van der Waals surface area contributed by atoms with Gasteiger partial charge < -0.3 is 11.5 Å². The van der Waals surface area contributed by atoms with Crippen molar-refractivity contribution in [3.63, 3.8) is 0 Å². The number of nitrogens with zero attached hydrogens (tertiary/aromatic N) is 4. The van der Waals surface area contributed by atoms with E-state index in [4.69, 9.17) is 11.5 Å². The fourth-order valence-electron chi connectivity index (χ4n) is 1.27. The molecule has 0 bridgehead atoms. The number of hydrogen-bond acceptors (Lipinski definition) is 4. The summed E-state index contributed by atoms with van der Waals surface area (Å²) in [6.45, 7) is 0. The van der Waals surface area contributed by atoms with Crippen LogP contribution in [0, 0.1) is 0 Å². The lowest BCUT2D eigenvalue weighted by atomic mass is 10.2. The molecule has 0 atom stereocenters. The summed E-state index contributed by atoms with van der Waals surface area (Å²) < 4.78 is 0. The summed E-state index contributed by atoms with van der Waals surface area (Å²) in [6, 6.07) is 6.99.